The third-order valence-electron chi connectivity index (χ3n) is 2.33. The lowest BCUT2D eigenvalue weighted by Gasteiger charge is -2.05. The highest BCUT2D eigenvalue weighted by Crippen LogP contribution is 2.06. The van der Waals surface area contributed by atoms with Crippen molar-refractivity contribution in [2.45, 2.75) is 11.8 Å². The molecule has 0 saturated heterocycles. The maximum atomic E-state index is 11.2. The lowest BCUT2D eigenvalue weighted by molar-refractivity contribution is -0.601. The summed E-state index contributed by atoms with van der Waals surface area (Å²) in [4.78, 5) is -0.0848. The summed E-state index contributed by atoms with van der Waals surface area (Å²) in [7, 11) is -4.38. The molecule has 0 aromatic heterocycles. The molecule has 18 heavy (non-hydrogen) atoms. The molecule has 0 atom stereocenters. The minimum Gasteiger partial charge on any atom is -0.744 e. The van der Waals surface area contributed by atoms with Crippen molar-refractivity contribution in [3.05, 3.63) is 61.2 Å². The van der Waals surface area contributed by atoms with E-state index < -0.39 is 31.3 Å². The van der Waals surface area contributed by atoms with Gasteiger partial charge in [0.05, 0.1) is 0 Å². The fourth-order valence-electron chi connectivity index (χ4n) is 1.44. The van der Waals surface area contributed by atoms with Gasteiger partial charge in [0, 0.05) is 0 Å². The zero-order valence-corrected chi connectivity index (χ0v) is 12.6. The van der Waals surface area contributed by atoms with E-state index in [-0.39, 0.29) is 4.90 Å². The number of rotatable bonds is 3. The van der Waals surface area contributed by atoms with Gasteiger partial charge in [-0.3, -0.25) is 0 Å². The van der Waals surface area contributed by atoms with E-state index in [1.807, 2.05) is 31.2 Å². The van der Waals surface area contributed by atoms with Crippen molar-refractivity contribution in [2.24, 2.45) is 0 Å². The van der Waals surface area contributed by atoms with Crippen molar-refractivity contribution in [2.75, 3.05) is 0 Å². The Balaban J connectivity index is 2.38. The highest BCUT2D eigenvalue weighted by atomic mass is 127. The van der Waals surface area contributed by atoms with Crippen LogP contribution >= 0.6 is 0 Å². The van der Waals surface area contributed by atoms with Gasteiger partial charge in [-0.2, -0.15) is 0 Å². The minimum atomic E-state index is -4.38. The molecule has 0 aliphatic heterocycles. The van der Waals surface area contributed by atoms with Crippen LogP contribution in [0.3, 0.4) is 0 Å². The first-order chi connectivity index (χ1) is 8.47. The zero-order valence-electron chi connectivity index (χ0n) is 9.63. The Morgan fingerprint density at radius 1 is 1.00 bits per heavy atom. The van der Waals surface area contributed by atoms with Gasteiger partial charge in [-0.25, -0.2) is 8.42 Å². The van der Waals surface area contributed by atoms with Gasteiger partial charge in [0.2, 0.25) is 3.57 Å². The van der Waals surface area contributed by atoms with Crippen LogP contribution in [-0.4, -0.2) is 13.0 Å². The van der Waals surface area contributed by atoms with Crippen LogP contribution in [0.15, 0.2) is 53.4 Å². The molecular weight excluding hydrogens is 363 g/mol. The van der Waals surface area contributed by atoms with Gasteiger partial charge in [0.15, 0.2) is 3.57 Å². The molecule has 0 radical (unpaired) electrons. The van der Waals surface area contributed by atoms with Crippen LogP contribution in [0.5, 0.6) is 0 Å². The van der Waals surface area contributed by atoms with Crippen LogP contribution in [0.2, 0.25) is 0 Å². The van der Waals surface area contributed by atoms with Gasteiger partial charge in [0.25, 0.3) is 0 Å². The predicted molar refractivity (Wildman–Crippen MR) is 63.0 cm³/mol. The Bertz CT molecular complexity index is 648. The van der Waals surface area contributed by atoms with Crippen molar-refractivity contribution < 1.29 is 34.2 Å². The van der Waals surface area contributed by atoms with Crippen LogP contribution in [0.25, 0.3) is 0 Å². The van der Waals surface area contributed by atoms with Crippen LogP contribution in [0.1, 0.15) is 5.56 Å². The number of aryl methyl sites for hydroxylation is 1. The van der Waals surface area contributed by atoms with Crippen molar-refractivity contribution in [1.29, 1.82) is 0 Å². The van der Waals surface area contributed by atoms with E-state index in [1.54, 1.807) is 18.2 Å². The Labute approximate surface area is 117 Å². The van der Waals surface area contributed by atoms with Gasteiger partial charge < -0.3 is 4.55 Å². The van der Waals surface area contributed by atoms with Crippen molar-refractivity contribution in [3.8, 4) is 0 Å². The largest absolute Gasteiger partial charge is 0.744 e. The van der Waals surface area contributed by atoms with Crippen molar-refractivity contribution in [3.63, 3.8) is 0 Å². The van der Waals surface area contributed by atoms with E-state index >= 15 is 0 Å². The standard InChI is InChI=1S/C13H11IO3S/c1-10-6-8-11(9-7-10)14-12-4-2-3-5-13(12)18(15,16)17/h2-9H,1H3. The summed E-state index contributed by atoms with van der Waals surface area (Å²) in [5, 5.41) is 0. The van der Waals surface area contributed by atoms with E-state index in [9.17, 15) is 13.0 Å². The third-order valence-corrected chi connectivity index (χ3v) is 6.45. The van der Waals surface area contributed by atoms with Gasteiger partial charge in [0.1, 0.15) is 15.0 Å². The Morgan fingerprint density at radius 2 is 1.61 bits per heavy atom. The van der Waals surface area contributed by atoms with Crippen molar-refractivity contribution in [1.82, 2.24) is 0 Å². The smallest absolute Gasteiger partial charge is 0.359 e. The Hall–Kier alpha value is -0.920. The normalized spacial score (nSPS) is 11.4. The molecule has 94 valence electrons. The summed E-state index contributed by atoms with van der Waals surface area (Å²) in [6.07, 6.45) is 0. The number of hydrogen-bond donors (Lipinski definition) is 0. The molecule has 0 aliphatic carbocycles. The molecule has 2 rings (SSSR count). The summed E-state index contributed by atoms with van der Waals surface area (Å²) in [5.41, 5.74) is 1.16. The number of halogens is 1. The summed E-state index contributed by atoms with van der Waals surface area (Å²) < 4.78 is 35.2. The first kappa shape index (κ1) is 13.5. The molecule has 0 N–H and O–H groups in total. The molecule has 0 heterocycles. The lowest BCUT2D eigenvalue weighted by Crippen LogP contribution is -3.61. The quantitative estimate of drug-likeness (QED) is 0.513. The van der Waals surface area contributed by atoms with Crippen LogP contribution in [-0.2, 0) is 10.1 Å². The van der Waals surface area contributed by atoms with Crippen molar-refractivity contribution >= 4 is 10.1 Å². The van der Waals surface area contributed by atoms with Gasteiger partial charge >= 0.3 is 21.2 Å². The first-order valence-corrected chi connectivity index (χ1v) is 8.80. The van der Waals surface area contributed by atoms with E-state index in [1.165, 1.54) is 6.07 Å². The van der Waals surface area contributed by atoms with Gasteiger partial charge in [-0.15, -0.1) is 0 Å². The lowest BCUT2D eigenvalue weighted by atomic mass is 10.2. The second-order valence-electron chi connectivity index (χ2n) is 3.77. The third kappa shape index (κ3) is 3.30. The minimum absolute atomic E-state index is 0.0848. The molecule has 3 nitrogen and oxygen atoms in total. The molecule has 0 bridgehead atoms. The first-order valence-electron chi connectivity index (χ1n) is 5.23. The van der Waals surface area contributed by atoms with Crippen LogP contribution in [0, 0.1) is 14.1 Å². The predicted octanol–water partition coefficient (Wildman–Crippen LogP) is -0.972. The van der Waals surface area contributed by atoms with E-state index in [2.05, 4.69) is 0 Å². The molecule has 2 aromatic rings. The second-order valence-corrected chi connectivity index (χ2v) is 8.07. The van der Waals surface area contributed by atoms with E-state index in [4.69, 9.17) is 0 Å². The van der Waals surface area contributed by atoms with Crippen LogP contribution < -0.4 is 21.2 Å². The summed E-state index contributed by atoms with van der Waals surface area (Å²) >= 11 is -0.651. The molecule has 0 aliphatic rings. The fraction of sp³-hybridized carbons (Fsp3) is 0.0769. The average Bonchev–Trinajstić information content (AvgIpc) is 2.31. The molecule has 5 heteroatoms. The molecule has 0 unspecified atom stereocenters. The molecule has 0 amide bonds. The Morgan fingerprint density at radius 3 is 2.22 bits per heavy atom. The number of benzene rings is 2. The maximum Gasteiger partial charge on any atom is 0.359 e. The molecule has 0 saturated carbocycles. The zero-order chi connectivity index (χ0) is 13.2. The molecule has 2 aromatic carbocycles. The molecule has 0 spiro atoms. The molecular formula is C13H11IO3S. The van der Waals surface area contributed by atoms with E-state index in [0.717, 1.165) is 9.13 Å². The molecule has 0 fully saturated rings. The topological polar surface area (TPSA) is 57.2 Å². The highest BCUT2D eigenvalue weighted by Gasteiger charge is 2.22. The fourth-order valence-corrected chi connectivity index (χ4v) is 5.28. The van der Waals surface area contributed by atoms with Gasteiger partial charge in [-0.05, 0) is 31.2 Å². The average molecular weight is 374 g/mol. The second kappa shape index (κ2) is 5.38. The van der Waals surface area contributed by atoms with Crippen LogP contribution in [0.4, 0.5) is 0 Å². The Kier molecular flexibility index (Phi) is 4.04. The maximum absolute atomic E-state index is 11.2. The van der Waals surface area contributed by atoms with Gasteiger partial charge in [-0.1, -0.05) is 29.8 Å². The SMILES string of the molecule is Cc1ccc([I+]c2ccccc2S(=O)(=O)[O-])cc1. The monoisotopic (exact) mass is 374 g/mol. The number of hydrogen-bond acceptors (Lipinski definition) is 3. The summed E-state index contributed by atoms with van der Waals surface area (Å²) in [5.74, 6) is 0. The summed E-state index contributed by atoms with van der Waals surface area (Å²) in [6.45, 7) is 2.00. The summed E-state index contributed by atoms with van der Waals surface area (Å²) in [6, 6.07) is 14.4. The highest BCUT2D eigenvalue weighted by molar-refractivity contribution is 7.85. The van der Waals surface area contributed by atoms with E-state index in [0.29, 0.717) is 3.57 Å².